The second-order valence-corrected chi connectivity index (χ2v) is 4.87. The van der Waals surface area contributed by atoms with Crippen LogP contribution in [0.3, 0.4) is 0 Å². The van der Waals surface area contributed by atoms with E-state index in [1.54, 1.807) is 13.8 Å². The first-order valence-electron chi connectivity index (χ1n) is 6.32. The van der Waals surface area contributed by atoms with Crippen LogP contribution >= 0.6 is 0 Å². The molecular weight excluding hydrogens is 244 g/mol. The van der Waals surface area contributed by atoms with Gasteiger partial charge in [0.25, 0.3) is 0 Å². The monoisotopic (exact) mass is 266 g/mol. The third-order valence-corrected chi connectivity index (χ3v) is 3.39. The zero-order valence-electron chi connectivity index (χ0n) is 11.7. The van der Waals surface area contributed by atoms with Crippen molar-refractivity contribution >= 4 is 35.0 Å². The zero-order chi connectivity index (χ0) is 13.5. The molecule has 0 saturated carbocycles. The van der Waals surface area contributed by atoms with E-state index in [0.29, 0.717) is 6.42 Å². The first-order chi connectivity index (χ1) is 7.89. The molecule has 0 unspecified atom stereocenters. The Morgan fingerprint density at radius 3 is 1.78 bits per heavy atom. The summed E-state index contributed by atoms with van der Waals surface area (Å²) in [5.74, 6) is -3.57. The van der Waals surface area contributed by atoms with E-state index in [1.807, 2.05) is 0 Å². The molecule has 0 bridgehead atoms. The van der Waals surface area contributed by atoms with Crippen molar-refractivity contribution in [3.63, 3.8) is 0 Å². The van der Waals surface area contributed by atoms with Gasteiger partial charge in [-0.3, -0.25) is 0 Å². The Balaban J connectivity index is 0. The maximum absolute atomic E-state index is 11.1. The van der Waals surface area contributed by atoms with Crippen LogP contribution in [0.15, 0.2) is 0 Å². The second-order valence-electron chi connectivity index (χ2n) is 4.87. The van der Waals surface area contributed by atoms with E-state index in [2.05, 4.69) is 6.92 Å². The van der Waals surface area contributed by atoms with Crippen molar-refractivity contribution in [1.82, 2.24) is 0 Å². The molecule has 0 rings (SSSR count). The van der Waals surface area contributed by atoms with Gasteiger partial charge in [0, 0.05) is 0 Å². The molecule has 18 heavy (non-hydrogen) atoms. The summed E-state index contributed by atoms with van der Waals surface area (Å²) >= 11 is 0. The molecule has 0 radical (unpaired) electrons. The van der Waals surface area contributed by atoms with E-state index < -0.39 is 23.3 Å². The molecule has 0 aromatic heterocycles. The number of rotatable bonds is 9. The van der Waals surface area contributed by atoms with Crippen LogP contribution in [0.4, 0.5) is 0 Å². The summed E-state index contributed by atoms with van der Waals surface area (Å²) < 4.78 is 0. The molecule has 5 heteroatoms. The second kappa shape index (κ2) is 9.61. The Kier molecular flexibility index (Phi) is 10.7. The summed E-state index contributed by atoms with van der Waals surface area (Å²) in [6.07, 6.45) is 4.72. The third-order valence-electron chi connectivity index (χ3n) is 3.39. The quantitative estimate of drug-likeness (QED) is 0.337. The molecular formula is C13H22MgO4. The predicted octanol–water partition coefficient (Wildman–Crippen LogP) is 0.108. The zero-order valence-corrected chi connectivity index (χ0v) is 13.1. The number of hydrogen-bond acceptors (Lipinski definition) is 4. The van der Waals surface area contributed by atoms with Gasteiger partial charge in [-0.1, -0.05) is 52.9 Å². The van der Waals surface area contributed by atoms with Gasteiger partial charge in [-0.25, -0.2) is 0 Å². The van der Waals surface area contributed by atoms with Crippen LogP contribution in [0.2, 0.25) is 0 Å². The Morgan fingerprint density at radius 2 is 1.44 bits per heavy atom. The molecule has 0 aromatic carbocycles. The van der Waals surface area contributed by atoms with Gasteiger partial charge in [-0.2, -0.15) is 0 Å². The van der Waals surface area contributed by atoms with Gasteiger partial charge in [-0.15, -0.1) is 0 Å². The largest absolute Gasteiger partial charge is 2.00 e. The topological polar surface area (TPSA) is 80.3 Å². The molecule has 0 aliphatic heterocycles. The van der Waals surface area contributed by atoms with Gasteiger partial charge in [0.1, 0.15) is 0 Å². The van der Waals surface area contributed by atoms with Crippen LogP contribution in [-0.2, 0) is 9.59 Å². The fourth-order valence-electron chi connectivity index (χ4n) is 2.05. The fourth-order valence-corrected chi connectivity index (χ4v) is 2.05. The van der Waals surface area contributed by atoms with Crippen LogP contribution in [-0.4, -0.2) is 35.0 Å². The normalized spacial score (nSPS) is 11.1. The molecule has 0 atom stereocenters. The summed E-state index contributed by atoms with van der Waals surface area (Å²) in [6.45, 7) is 5.25. The molecule has 100 valence electrons. The van der Waals surface area contributed by atoms with Gasteiger partial charge in [-0.05, 0) is 12.3 Å². The maximum Gasteiger partial charge on any atom is 2.00 e. The van der Waals surface area contributed by atoms with Crippen molar-refractivity contribution in [2.24, 2.45) is 11.3 Å². The van der Waals surface area contributed by atoms with E-state index in [-0.39, 0.29) is 29.5 Å². The molecule has 0 fully saturated rings. The molecule has 0 aromatic rings. The third kappa shape index (κ3) is 5.14. The smallest absolute Gasteiger partial charge is 0.549 e. The summed E-state index contributed by atoms with van der Waals surface area (Å²) in [4.78, 5) is 22.2. The SMILES string of the molecule is CCCCCCCC(C(=O)[O-])(C(=O)[O-])C(C)C.[Mg+2]. The minimum Gasteiger partial charge on any atom is -0.549 e. The van der Waals surface area contributed by atoms with Gasteiger partial charge in [0.2, 0.25) is 0 Å². The minimum absolute atomic E-state index is 0. The molecule has 4 nitrogen and oxygen atoms in total. The summed E-state index contributed by atoms with van der Waals surface area (Å²) in [7, 11) is 0. The van der Waals surface area contributed by atoms with Gasteiger partial charge < -0.3 is 19.8 Å². The van der Waals surface area contributed by atoms with Crippen molar-refractivity contribution in [3.8, 4) is 0 Å². The average Bonchev–Trinajstić information content (AvgIpc) is 2.21. The molecule has 0 spiro atoms. The predicted molar refractivity (Wildman–Crippen MR) is 66.4 cm³/mol. The number of carboxylic acids is 2. The first-order valence-corrected chi connectivity index (χ1v) is 6.32. The van der Waals surface area contributed by atoms with Crippen molar-refractivity contribution in [2.75, 3.05) is 0 Å². The van der Waals surface area contributed by atoms with E-state index in [1.165, 1.54) is 0 Å². The number of carbonyl (C=O) groups excluding carboxylic acids is 2. The van der Waals surface area contributed by atoms with Gasteiger partial charge >= 0.3 is 23.1 Å². The first kappa shape index (κ1) is 20.0. The number of unbranched alkanes of at least 4 members (excludes halogenated alkanes) is 4. The van der Waals surface area contributed by atoms with Crippen molar-refractivity contribution < 1.29 is 19.8 Å². The Labute approximate surface area is 125 Å². The Hall–Kier alpha value is -0.294. The molecule has 0 aliphatic rings. The van der Waals surface area contributed by atoms with Crippen molar-refractivity contribution in [3.05, 3.63) is 0 Å². The summed E-state index contributed by atoms with van der Waals surface area (Å²) in [5, 5.41) is 22.2. The van der Waals surface area contributed by atoms with Gasteiger partial charge in [0.15, 0.2) is 0 Å². The fraction of sp³-hybridized carbons (Fsp3) is 0.846. The average molecular weight is 267 g/mol. The molecule has 0 saturated heterocycles. The Morgan fingerprint density at radius 1 is 1.00 bits per heavy atom. The molecule has 0 N–H and O–H groups in total. The number of carbonyl (C=O) groups is 2. The Bertz CT molecular complexity index is 250. The number of carboxylic acid groups (broad SMARTS) is 2. The van der Waals surface area contributed by atoms with Crippen molar-refractivity contribution in [2.45, 2.75) is 59.3 Å². The number of hydrogen-bond donors (Lipinski definition) is 0. The van der Waals surface area contributed by atoms with Crippen LogP contribution < -0.4 is 10.2 Å². The molecule has 0 amide bonds. The van der Waals surface area contributed by atoms with E-state index in [0.717, 1.165) is 25.7 Å². The standard InChI is InChI=1S/C13H24O4.Mg/c1-4-5-6-7-8-9-13(10(2)3,11(14)15)12(16)17;/h10H,4-9H2,1-3H3,(H,14,15)(H,16,17);/q;+2/p-2. The molecule has 0 heterocycles. The van der Waals surface area contributed by atoms with Crippen LogP contribution in [0, 0.1) is 11.3 Å². The van der Waals surface area contributed by atoms with Crippen LogP contribution in [0.5, 0.6) is 0 Å². The number of aliphatic carboxylic acids is 2. The van der Waals surface area contributed by atoms with Crippen molar-refractivity contribution in [1.29, 1.82) is 0 Å². The summed E-state index contributed by atoms with van der Waals surface area (Å²) in [6, 6.07) is 0. The maximum atomic E-state index is 11.1. The summed E-state index contributed by atoms with van der Waals surface area (Å²) in [5.41, 5.74) is -1.84. The van der Waals surface area contributed by atoms with E-state index in [4.69, 9.17) is 0 Å². The van der Waals surface area contributed by atoms with E-state index >= 15 is 0 Å². The molecule has 0 aliphatic carbocycles. The van der Waals surface area contributed by atoms with E-state index in [9.17, 15) is 19.8 Å². The minimum atomic E-state index is -1.84. The van der Waals surface area contributed by atoms with Gasteiger partial charge in [0.05, 0.1) is 17.4 Å². The van der Waals surface area contributed by atoms with Crippen LogP contribution in [0.1, 0.15) is 59.3 Å². The van der Waals surface area contributed by atoms with Crippen LogP contribution in [0.25, 0.3) is 0 Å².